The van der Waals surface area contributed by atoms with E-state index in [1.54, 1.807) is 26.2 Å². The monoisotopic (exact) mass is 300 g/mol. The molecule has 0 fully saturated rings. The fraction of sp³-hybridized carbons (Fsp3) is 0.294. The van der Waals surface area contributed by atoms with Crippen LogP contribution in [-0.2, 0) is 16.0 Å². The van der Waals surface area contributed by atoms with Crippen molar-refractivity contribution in [1.82, 2.24) is 4.98 Å². The van der Waals surface area contributed by atoms with E-state index in [1.807, 2.05) is 36.4 Å². The molecule has 0 amide bonds. The summed E-state index contributed by atoms with van der Waals surface area (Å²) in [5, 5.41) is 3.12. The number of esters is 1. The summed E-state index contributed by atoms with van der Waals surface area (Å²) in [6.45, 7) is 2.14. The Labute approximate surface area is 130 Å². The molecule has 0 saturated heterocycles. The van der Waals surface area contributed by atoms with Gasteiger partial charge < -0.3 is 14.8 Å². The molecule has 0 aliphatic carbocycles. The van der Waals surface area contributed by atoms with Crippen molar-refractivity contribution in [2.75, 3.05) is 19.0 Å². The van der Waals surface area contributed by atoms with Gasteiger partial charge in [0.1, 0.15) is 11.9 Å². The van der Waals surface area contributed by atoms with Gasteiger partial charge in [-0.25, -0.2) is 4.79 Å². The van der Waals surface area contributed by atoms with Crippen LogP contribution in [0, 0.1) is 0 Å². The molecule has 0 bridgehead atoms. The van der Waals surface area contributed by atoms with Crippen molar-refractivity contribution >= 4 is 11.8 Å². The van der Waals surface area contributed by atoms with Crippen LogP contribution in [-0.4, -0.2) is 30.7 Å². The highest BCUT2D eigenvalue weighted by molar-refractivity contribution is 5.79. The number of hydrogen-bond acceptors (Lipinski definition) is 5. The summed E-state index contributed by atoms with van der Waals surface area (Å²) >= 11 is 0. The number of rotatable bonds is 7. The standard InChI is InChI=1S/C17H20N2O3/c1-3-22-17(20)14(12-13-8-5-4-6-9-13)18-15-10-7-11-16(19-15)21-2/h4-11,14H,3,12H2,1-2H3,(H,18,19)/t14-/m0/s1. The third kappa shape index (κ3) is 4.48. The maximum Gasteiger partial charge on any atom is 0.328 e. The first-order valence-corrected chi connectivity index (χ1v) is 7.21. The SMILES string of the molecule is CCOC(=O)[C@H](Cc1ccccc1)Nc1cccc(OC)n1. The van der Waals surface area contributed by atoms with Crippen molar-refractivity contribution in [3.8, 4) is 5.88 Å². The lowest BCUT2D eigenvalue weighted by Crippen LogP contribution is -2.33. The minimum atomic E-state index is -0.498. The smallest absolute Gasteiger partial charge is 0.328 e. The molecule has 0 unspecified atom stereocenters. The molecule has 0 spiro atoms. The number of nitrogens with one attached hydrogen (secondary N) is 1. The maximum absolute atomic E-state index is 12.2. The molecule has 5 heteroatoms. The molecule has 2 rings (SSSR count). The van der Waals surface area contributed by atoms with Crippen LogP contribution in [0.1, 0.15) is 12.5 Å². The highest BCUT2D eigenvalue weighted by Crippen LogP contribution is 2.14. The second-order valence-corrected chi connectivity index (χ2v) is 4.70. The summed E-state index contributed by atoms with van der Waals surface area (Å²) in [7, 11) is 1.55. The van der Waals surface area contributed by atoms with Gasteiger partial charge in [-0.15, -0.1) is 0 Å². The van der Waals surface area contributed by atoms with E-state index in [4.69, 9.17) is 9.47 Å². The van der Waals surface area contributed by atoms with E-state index in [2.05, 4.69) is 10.3 Å². The number of methoxy groups -OCH3 is 1. The van der Waals surface area contributed by atoms with E-state index < -0.39 is 6.04 Å². The number of nitrogens with zero attached hydrogens (tertiary/aromatic N) is 1. The lowest BCUT2D eigenvalue weighted by molar-refractivity contribution is -0.144. The van der Waals surface area contributed by atoms with Gasteiger partial charge in [0.25, 0.3) is 0 Å². The van der Waals surface area contributed by atoms with Crippen LogP contribution in [0.2, 0.25) is 0 Å². The molecule has 1 aromatic heterocycles. The first kappa shape index (κ1) is 15.8. The Bertz CT molecular complexity index is 602. The van der Waals surface area contributed by atoms with E-state index in [0.717, 1.165) is 5.56 Å². The molecule has 22 heavy (non-hydrogen) atoms. The fourth-order valence-electron chi connectivity index (χ4n) is 2.07. The van der Waals surface area contributed by atoms with Gasteiger partial charge in [0.2, 0.25) is 5.88 Å². The van der Waals surface area contributed by atoms with Crippen molar-refractivity contribution in [3.05, 3.63) is 54.1 Å². The number of ether oxygens (including phenoxy) is 2. The molecule has 5 nitrogen and oxygen atoms in total. The first-order valence-electron chi connectivity index (χ1n) is 7.21. The summed E-state index contributed by atoms with van der Waals surface area (Å²) in [6.07, 6.45) is 0.526. The quantitative estimate of drug-likeness (QED) is 0.797. The minimum Gasteiger partial charge on any atom is -0.481 e. The van der Waals surface area contributed by atoms with Gasteiger partial charge >= 0.3 is 5.97 Å². The number of hydrogen-bond donors (Lipinski definition) is 1. The van der Waals surface area contributed by atoms with E-state index in [0.29, 0.717) is 24.7 Å². The van der Waals surface area contributed by atoms with Gasteiger partial charge in [0.15, 0.2) is 0 Å². The maximum atomic E-state index is 12.2. The Kier molecular flexibility index (Phi) is 5.77. The molecule has 1 heterocycles. The van der Waals surface area contributed by atoms with Crippen LogP contribution in [0.4, 0.5) is 5.82 Å². The third-order valence-corrected chi connectivity index (χ3v) is 3.11. The summed E-state index contributed by atoms with van der Waals surface area (Å²) in [5.41, 5.74) is 1.05. The van der Waals surface area contributed by atoms with E-state index in [1.165, 1.54) is 0 Å². The number of aromatic nitrogens is 1. The zero-order valence-electron chi connectivity index (χ0n) is 12.8. The van der Waals surface area contributed by atoms with Crippen LogP contribution in [0.25, 0.3) is 0 Å². The normalized spacial score (nSPS) is 11.5. The number of benzene rings is 1. The Morgan fingerprint density at radius 1 is 1.18 bits per heavy atom. The predicted octanol–water partition coefficient (Wildman–Crippen LogP) is 2.68. The van der Waals surface area contributed by atoms with Gasteiger partial charge in [-0.1, -0.05) is 36.4 Å². The highest BCUT2D eigenvalue weighted by Gasteiger charge is 2.20. The van der Waals surface area contributed by atoms with Gasteiger partial charge in [-0.05, 0) is 18.6 Å². The molecule has 0 radical (unpaired) electrons. The molecule has 1 atom stereocenters. The first-order chi connectivity index (χ1) is 10.7. The summed E-state index contributed by atoms with van der Waals surface area (Å²) in [5.74, 6) is 0.775. The van der Waals surface area contributed by atoms with Crippen LogP contribution in [0.3, 0.4) is 0 Å². The Balaban J connectivity index is 2.14. The molecule has 116 valence electrons. The zero-order chi connectivity index (χ0) is 15.8. The molecule has 1 N–H and O–H groups in total. The summed E-state index contributed by atoms with van der Waals surface area (Å²) < 4.78 is 10.2. The van der Waals surface area contributed by atoms with Crippen molar-refractivity contribution in [2.45, 2.75) is 19.4 Å². The molecular formula is C17H20N2O3. The molecule has 0 aliphatic heterocycles. The molecule has 0 saturated carbocycles. The van der Waals surface area contributed by atoms with Crippen molar-refractivity contribution in [1.29, 1.82) is 0 Å². The van der Waals surface area contributed by atoms with Gasteiger partial charge in [0, 0.05) is 12.5 Å². The van der Waals surface area contributed by atoms with Crippen LogP contribution >= 0.6 is 0 Å². The predicted molar refractivity (Wildman–Crippen MR) is 85.0 cm³/mol. The van der Waals surface area contributed by atoms with E-state index in [-0.39, 0.29) is 5.97 Å². The lowest BCUT2D eigenvalue weighted by Gasteiger charge is -2.18. The van der Waals surface area contributed by atoms with Crippen LogP contribution in [0.15, 0.2) is 48.5 Å². The Hall–Kier alpha value is -2.56. The molecule has 0 aliphatic rings. The number of pyridine rings is 1. The van der Waals surface area contributed by atoms with Crippen LogP contribution < -0.4 is 10.1 Å². The Morgan fingerprint density at radius 3 is 2.64 bits per heavy atom. The number of carbonyl (C=O) groups excluding carboxylic acids is 1. The minimum absolute atomic E-state index is 0.295. The second kappa shape index (κ2) is 8.02. The second-order valence-electron chi connectivity index (χ2n) is 4.70. The summed E-state index contributed by atoms with van der Waals surface area (Å²) in [4.78, 5) is 16.4. The fourth-order valence-corrected chi connectivity index (χ4v) is 2.07. The van der Waals surface area contributed by atoms with Crippen molar-refractivity contribution in [3.63, 3.8) is 0 Å². The molecular weight excluding hydrogens is 280 g/mol. The summed E-state index contributed by atoms with van der Waals surface area (Å²) in [6, 6.07) is 14.7. The molecule has 2 aromatic rings. The lowest BCUT2D eigenvalue weighted by atomic mass is 10.1. The largest absolute Gasteiger partial charge is 0.481 e. The number of anilines is 1. The van der Waals surface area contributed by atoms with Crippen molar-refractivity contribution in [2.24, 2.45) is 0 Å². The molecule has 1 aromatic carbocycles. The third-order valence-electron chi connectivity index (χ3n) is 3.11. The van der Waals surface area contributed by atoms with E-state index >= 15 is 0 Å². The highest BCUT2D eigenvalue weighted by atomic mass is 16.5. The van der Waals surface area contributed by atoms with Gasteiger partial charge in [-0.2, -0.15) is 4.98 Å². The van der Waals surface area contributed by atoms with Gasteiger partial charge in [-0.3, -0.25) is 0 Å². The van der Waals surface area contributed by atoms with E-state index in [9.17, 15) is 4.79 Å². The van der Waals surface area contributed by atoms with Crippen molar-refractivity contribution < 1.29 is 14.3 Å². The average molecular weight is 300 g/mol. The Morgan fingerprint density at radius 2 is 1.95 bits per heavy atom. The average Bonchev–Trinajstić information content (AvgIpc) is 2.55. The van der Waals surface area contributed by atoms with Gasteiger partial charge in [0.05, 0.1) is 13.7 Å². The zero-order valence-corrected chi connectivity index (χ0v) is 12.8. The topological polar surface area (TPSA) is 60.5 Å². The van der Waals surface area contributed by atoms with Crippen LogP contribution in [0.5, 0.6) is 5.88 Å². The number of carbonyl (C=O) groups is 1.